The van der Waals surface area contributed by atoms with Crippen LogP contribution in [0.5, 0.6) is 0 Å². The maximum Gasteiger partial charge on any atom is 0.254 e. The van der Waals surface area contributed by atoms with Crippen molar-refractivity contribution >= 4 is 11.6 Å². The summed E-state index contributed by atoms with van der Waals surface area (Å²) >= 11 is 5.82. The molecule has 0 aliphatic carbocycles. The van der Waals surface area contributed by atoms with E-state index in [1.54, 1.807) is 6.07 Å². The molecule has 2 aromatic rings. The molecule has 0 spiro atoms. The molecule has 1 aromatic heterocycles. The molecule has 18 heavy (non-hydrogen) atoms. The first-order chi connectivity index (χ1) is 8.61. The molecule has 94 valence electrons. The number of benzene rings is 1. The maximum atomic E-state index is 13.3. The molecule has 0 saturated heterocycles. The van der Waals surface area contributed by atoms with Gasteiger partial charge in [-0.2, -0.15) is 0 Å². The first-order valence-electron chi connectivity index (χ1n) is 5.65. The van der Waals surface area contributed by atoms with Crippen LogP contribution in [0.15, 0.2) is 29.3 Å². The fraction of sp³-hybridized carbons (Fsp3) is 0.231. The van der Waals surface area contributed by atoms with E-state index in [-0.39, 0.29) is 10.6 Å². The molecule has 0 fully saturated rings. The van der Waals surface area contributed by atoms with Crippen molar-refractivity contribution < 1.29 is 4.39 Å². The molecule has 0 unspecified atom stereocenters. The highest BCUT2D eigenvalue weighted by Crippen LogP contribution is 2.24. The largest absolute Gasteiger partial charge is 0.313 e. The van der Waals surface area contributed by atoms with Gasteiger partial charge in [0, 0.05) is 16.1 Å². The third kappa shape index (κ3) is 2.59. The Kier molecular flexibility index (Phi) is 3.77. The van der Waals surface area contributed by atoms with Crippen LogP contribution in [0.25, 0.3) is 11.3 Å². The Morgan fingerprint density at radius 2 is 2.17 bits per heavy atom. The van der Waals surface area contributed by atoms with Gasteiger partial charge in [0.25, 0.3) is 5.56 Å². The summed E-state index contributed by atoms with van der Waals surface area (Å²) in [6, 6.07) is 4.15. The zero-order valence-electron chi connectivity index (χ0n) is 9.84. The molecule has 2 rings (SSSR count). The zero-order valence-corrected chi connectivity index (χ0v) is 10.6. The minimum atomic E-state index is -0.443. The van der Waals surface area contributed by atoms with Gasteiger partial charge in [0.2, 0.25) is 0 Å². The van der Waals surface area contributed by atoms with Crippen LogP contribution >= 0.6 is 11.6 Å². The summed E-state index contributed by atoms with van der Waals surface area (Å²) in [6.07, 6.45) is 2.72. The Hall–Kier alpha value is -1.68. The molecule has 0 aliphatic heterocycles. The monoisotopic (exact) mass is 266 g/mol. The number of aromatic nitrogens is 2. The Morgan fingerprint density at radius 3 is 2.83 bits per heavy atom. The van der Waals surface area contributed by atoms with E-state index in [0.29, 0.717) is 23.2 Å². The van der Waals surface area contributed by atoms with E-state index >= 15 is 0 Å². The third-order valence-electron chi connectivity index (χ3n) is 2.59. The van der Waals surface area contributed by atoms with Gasteiger partial charge < -0.3 is 4.98 Å². The smallest absolute Gasteiger partial charge is 0.254 e. The molecule has 1 heterocycles. The van der Waals surface area contributed by atoms with E-state index in [1.807, 2.05) is 6.92 Å². The summed E-state index contributed by atoms with van der Waals surface area (Å²) in [6.45, 7) is 1.97. The van der Waals surface area contributed by atoms with Gasteiger partial charge in [-0.05, 0) is 24.6 Å². The maximum absolute atomic E-state index is 13.3. The highest BCUT2D eigenvalue weighted by Gasteiger charge is 2.11. The SMILES string of the molecule is CCCc1c(-c2cc(F)cc(Cl)c2)nc[nH]c1=O. The van der Waals surface area contributed by atoms with E-state index in [2.05, 4.69) is 9.97 Å². The van der Waals surface area contributed by atoms with Crippen LogP contribution in [0.4, 0.5) is 4.39 Å². The van der Waals surface area contributed by atoms with Crippen LogP contribution in [-0.2, 0) is 6.42 Å². The molecule has 1 N–H and O–H groups in total. The number of halogens is 2. The minimum absolute atomic E-state index is 0.192. The van der Waals surface area contributed by atoms with Gasteiger partial charge in [-0.25, -0.2) is 9.37 Å². The summed E-state index contributed by atoms with van der Waals surface area (Å²) < 4.78 is 13.3. The van der Waals surface area contributed by atoms with Gasteiger partial charge in [-0.1, -0.05) is 24.9 Å². The van der Waals surface area contributed by atoms with Crippen molar-refractivity contribution in [3.05, 3.63) is 51.3 Å². The normalized spacial score (nSPS) is 10.6. The summed E-state index contributed by atoms with van der Waals surface area (Å²) in [5, 5.41) is 0.287. The van der Waals surface area contributed by atoms with Gasteiger partial charge in [0.1, 0.15) is 5.82 Å². The fourth-order valence-electron chi connectivity index (χ4n) is 1.85. The lowest BCUT2D eigenvalue weighted by molar-refractivity contribution is 0.628. The molecular formula is C13H12ClFN2O. The number of nitrogens with one attached hydrogen (secondary N) is 1. The molecule has 3 nitrogen and oxygen atoms in total. The average Bonchev–Trinajstić information content (AvgIpc) is 2.30. The van der Waals surface area contributed by atoms with Crippen LogP contribution in [0.2, 0.25) is 5.02 Å². The molecule has 1 aromatic carbocycles. The van der Waals surface area contributed by atoms with Crippen LogP contribution in [-0.4, -0.2) is 9.97 Å². The van der Waals surface area contributed by atoms with E-state index in [4.69, 9.17) is 11.6 Å². The lowest BCUT2D eigenvalue weighted by Crippen LogP contribution is -2.14. The molecule has 0 bridgehead atoms. The van der Waals surface area contributed by atoms with Gasteiger partial charge in [-0.15, -0.1) is 0 Å². The molecule has 0 saturated carbocycles. The highest BCUT2D eigenvalue weighted by atomic mass is 35.5. The molecule has 5 heteroatoms. The van der Waals surface area contributed by atoms with Gasteiger partial charge >= 0.3 is 0 Å². The van der Waals surface area contributed by atoms with Crippen molar-refractivity contribution in [1.82, 2.24) is 9.97 Å². The number of nitrogens with zero attached hydrogens (tertiary/aromatic N) is 1. The lowest BCUT2D eigenvalue weighted by Gasteiger charge is -2.07. The topological polar surface area (TPSA) is 45.8 Å². The second-order valence-corrected chi connectivity index (χ2v) is 4.40. The lowest BCUT2D eigenvalue weighted by atomic mass is 10.0. The molecule has 0 radical (unpaired) electrons. The Morgan fingerprint density at radius 1 is 1.39 bits per heavy atom. The van der Waals surface area contributed by atoms with E-state index in [1.165, 1.54) is 18.5 Å². The molecule has 0 amide bonds. The quantitative estimate of drug-likeness (QED) is 0.927. The van der Waals surface area contributed by atoms with E-state index < -0.39 is 5.82 Å². The van der Waals surface area contributed by atoms with Crippen LogP contribution < -0.4 is 5.56 Å². The van der Waals surface area contributed by atoms with Crippen molar-refractivity contribution in [2.45, 2.75) is 19.8 Å². The predicted molar refractivity (Wildman–Crippen MR) is 69.3 cm³/mol. The molecule has 0 aliphatic rings. The van der Waals surface area contributed by atoms with Crippen molar-refractivity contribution in [3.8, 4) is 11.3 Å². The minimum Gasteiger partial charge on any atom is -0.313 e. The van der Waals surface area contributed by atoms with Crippen LogP contribution in [0.1, 0.15) is 18.9 Å². The summed E-state index contributed by atoms with van der Waals surface area (Å²) in [7, 11) is 0. The average molecular weight is 267 g/mol. The number of H-pyrrole nitrogens is 1. The summed E-state index contributed by atoms with van der Waals surface area (Å²) in [5.41, 5.74) is 1.38. The summed E-state index contributed by atoms with van der Waals surface area (Å²) in [4.78, 5) is 18.4. The first-order valence-corrected chi connectivity index (χ1v) is 6.02. The van der Waals surface area contributed by atoms with Crippen molar-refractivity contribution in [2.24, 2.45) is 0 Å². The Labute approximate surface area is 109 Å². The number of rotatable bonds is 3. The van der Waals surface area contributed by atoms with Gasteiger partial charge in [-0.3, -0.25) is 4.79 Å². The first kappa shape index (κ1) is 12.8. The predicted octanol–water partition coefficient (Wildman–Crippen LogP) is 3.18. The summed E-state index contributed by atoms with van der Waals surface area (Å²) in [5.74, 6) is -0.443. The fourth-order valence-corrected chi connectivity index (χ4v) is 2.07. The van der Waals surface area contributed by atoms with Crippen molar-refractivity contribution in [1.29, 1.82) is 0 Å². The van der Waals surface area contributed by atoms with E-state index in [9.17, 15) is 9.18 Å². The van der Waals surface area contributed by atoms with Crippen molar-refractivity contribution in [3.63, 3.8) is 0 Å². The van der Waals surface area contributed by atoms with Gasteiger partial charge in [0.05, 0.1) is 12.0 Å². The second-order valence-electron chi connectivity index (χ2n) is 3.97. The van der Waals surface area contributed by atoms with Crippen LogP contribution in [0.3, 0.4) is 0 Å². The number of hydrogen-bond acceptors (Lipinski definition) is 2. The number of aromatic amines is 1. The highest BCUT2D eigenvalue weighted by molar-refractivity contribution is 6.30. The van der Waals surface area contributed by atoms with Crippen molar-refractivity contribution in [2.75, 3.05) is 0 Å². The standard InChI is InChI=1S/C13H12ClFN2O/c1-2-3-11-12(16-7-17-13(11)18)8-4-9(14)6-10(15)5-8/h4-7H,2-3H2,1H3,(H,16,17,18). The molecule has 0 atom stereocenters. The third-order valence-corrected chi connectivity index (χ3v) is 2.80. The Bertz CT molecular complexity index is 604. The zero-order chi connectivity index (χ0) is 13.1. The second kappa shape index (κ2) is 5.31. The van der Waals surface area contributed by atoms with Crippen LogP contribution in [0, 0.1) is 5.82 Å². The Balaban J connectivity index is 2.63. The molecular weight excluding hydrogens is 255 g/mol. The van der Waals surface area contributed by atoms with E-state index in [0.717, 1.165) is 6.42 Å². The number of hydrogen-bond donors (Lipinski definition) is 1. The van der Waals surface area contributed by atoms with Gasteiger partial charge in [0.15, 0.2) is 0 Å².